The van der Waals surface area contributed by atoms with Gasteiger partial charge in [0.25, 0.3) is 0 Å². The van der Waals surface area contributed by atoms with E-state index in [1.165, 1.54) is 12.4 Å². The van der Waals surface area contributed by atoms with Crippen molar-refractivity contribution in [2.75, 3.05) is 6.61 Å². The maximum Gasteiger partial charge on any atom is 0.171 e. The van der Waals surface area contributed by atoms with Gasteiger partial charge < -0.3 is 23.9 Å². The molecule has 1 unspecified atom stereocenters. The predicted octanol–water partition coefficient (Wildman–Crippen LogP) is 7.32. The van der Waals surface area contributed by atoms with E-state index in [2.05, 4.69) is 16.5 Å². The lowest BCUT2D eigenvalue weighted by Gasteiger charge is -2.31. The lowest BCUT2D eigenvalue weighted by molar-refractivity contribution is -0.0948. The van der Waals surface area contributed by atoms with Crippen LogP contribution in [0.3, 0.4) is 0 Å². The van der Waals surface area contributed by atoms with Crippen LogP contribution < -0.4 is 0 Å². The molecule has 0 saturated carbocycles. The molecule has 3 heterocycles. The lowest BCUT2D eigenvalue weighted by Crippen LogP contribution is -2.47. The molecule has 0 spiro atoms. The minimum absolute atomic E-state index is 0.0690. The number of halogens is 5. The number of hydrogen-bond donors (Lipinski definition) is 1. The molecule has 1 aliphatic heterocycles. The molecule has 0 amide bonds. The quantitative estimate of drug-likeness (QED) is 0.155. The Morgan fingerprint density at radius 1 is 0.974 bits per heavy atom. The summed E-state index contributed by atoms with van der Waals surface area (Å²) in [7, 11) is 0. The molecule has 0 aliphatic carbocycles. The summed E-state index contributed by atoms with van der Waals surface area (Å²) in [5, 5.41) is 14.8. The van der Waals surface area contributed by atoms with Gasteiger partial charge in [0, 0.05) is 26.3 Å². The van der Waals surface area contributed by atoms with Crippen molar-refractivity contribution in [2.24, 2.45) is 0 Å². The molecule has 1 N–H and O–H groups in total. The Morgan fingerprint density at radius 3 is 2.28 bits per heavy atom. The third-order valence-corrected chi connectivity index (χ3v) is 8.00. The summed E-state index contributed by atoms with van der Waals surface area (Å²) in [5.74, 6) is 0. The zero-order chi connectivity index (χ0) is 27.7. The molecule has 4 aromatic rings. The van der Waals surface area contributed by atoms with E-state index in [0.717, 1.165) is 5.56 Å². The molecular weight excluding hydrogens is 608 g/mol. The van der Waals surface area contributed by atoms with Crippen molar-refractivity contribution in [2.45, 2.75) is 37.3 Å². The first-order valence-corrected chi connectivity index (χ1v) is 13.7. The molecule has 1 fully saturated rings. The van der Waals surface area contributed by atoms with E-state index >= 15 is 0 Å². The van der Waals surface area contributed by atoms with E-state index in [1.54, 1.807) is 53.2 Å². The number of ether oxygens (including phenoxy) is 3. The molecule has 0 bridgehead atoms. The standard InChI is InChI=1S/C27H22Cl5N3O4/c1-2-27(36)23(38-12-16-4-6-18(29)10-21(16)31)22(13-37-11-15-3-5-17(28)9-20(15)30)39-26(27)35-8-7-19-24(32)33-14-34-25(19)35/h2-10,14,22-23,26,36H,1,11-13H2/t22-,23-,26?,27-/m1/s1. The van der Waals surface area contributed by atoms with E-state index in [0.29, 0.717) is 36.7 Å². The van der Waals surface area contributed by atoms with Crippen molar-refractivity contribution in [3.05, 3.63) is 104 Å². The van der Waals surface area contributed by atoms with Crippen LogP contribution in [0.2, 0.25) is 25.2 Å². The molecule has 1 saturated heterocycles. The van der Waals surface area contributed by atoms with E-state index in [1.807, 2.05) is 0 Å². The van der Waals surface area contributed by atoms with Crippen LogP contribution in [0.5, 0.6) is 0 Å². The molecule has 7 nitrogen and oxygen atoms in total. The molecule has 39 heavy (non-hydrogen) atoms. The van der Waals surface area contributed by atoms with Crippen LogP contribution in [-0.4, -0.2) is 44.1 Å². The van der Waals surface area contributed by atoms with E-state index in [-0.39, 0.29) is 25.0 Å². The molecule has 12 heteroatoms. The molecule has 5 rings (SSSR count). The van der Waals surface area contributed by atoms with Crippen molar-refractivity contribution in [1.82, 2.24) is 14.5 Å². The molecule has 1 aliphatic rings. The molecule has 4 atom stereocenters. The first-order chi connectivity index (χ1) is 18.7. The van der Waals surface area contributed by atoms with Gasteiger partial charge >= 0.3 is 0 Å². The Kier molecular flexibility index (Phi) is 8.74. The van der Waals surface area contributed by atoms with Crippen LogP contribution in [0.1, 0.15) is 17.4 Å². The van der Waals surface area contributed by atoms with Gasteiger partial charge in [0.05, 0.1) is 25.2 Å². The number of aliphatic hydroxyl groups is 1. The highest BCUT2D eigenvalue weighted by atomic mass is 35.5. The van der Waals surface area contributed by atoms with Gasteiger partial charge in [-0.1, -0.05) is 82.8 Å². The average Bonchev–Trinajstić information content (AvgIpc) is 3.45. The summed E-state index contributed by atoms with van der Waals surface area (Å²) >= 11 is 31.0. The van der Waals surface area contributed by atoms with Crippen LogP contribution >= 0.6 is 58.0 Å². The molecule has 0 radical (unpaired) electrons. The SMILES string of the molecule is C=C[C@]1(O)C(n2ccc3c(Cl)ncnc32)O[C@H](COCc2ccc(Cl)cc2Cl)[C@H]1OCc1ccc(Cl)cc1Cl. The van der Waals surface area contributed by atoms with Crippen LogP contribution in [-0.2, 0) is 27.4 Å². The summed E-state index contributed by atoms with van der Waals surface area (Å²) in [4.78, 5) is 8.37. The van der Waals surface area contributed by atoms with Crippen molar-refractivity contribution in [3.63, 3.8) is 0 Å². The Bertz CT molecular complexity index is 1520. The Hall–Kier alpha value is -1.91. The topological polar surface area (TPSA) is 78.6 Å². The van der Waals surface area contributed by atoms with E-state index in [4.69, 9.17) is 72.2 Å². The van der Waals surface area contributed by atoms with Gasteiger partial charge in [0.15, 0.2) is 11.8 Å². The number of nitrogens with zero attached hydrogens (tertiary/aromatic N) is 3. The van der Waals surface area contributed by atoms with Crippen LogP contribution in [0.15, 0.2) is 67.6 Å². The summed E-state index contributed by atoms with van der Waals surface area (Å²) in [6.45, 7) is 4.23. The lowest BCUT2D eigenvalue weighted by atomic mass is 9.93. The second kappa shape index (κ2) is 11.9. The van der Waals surface area contributed by atoms with Gasteiger partial charge in [-0.2, -0.15) is 0 Å². The second-order valence-corrected chi connectivity index (χ2v) is 11.0. The maximum atomic E-state index is 12.0. The highest BCUT2D eigenvalue weighted by Crippen LogP contribution is 2.43. The maximum absolute atomic E-state index is 12.0. The van der Waals surface area contributed by atoms with Crippen molar-refractivity contribution in [3.8, 4) is 0 Å². The Labute approximate surface area is 249 Å². The van der Waals surface area contributed by atoms with Crippen molar-refractivity contribution in [1.29, 1.82) is 0 Å². The highest BCUT2D eigenvalue weighted by molar-refractivity contribution is 6.35. The van der Waals surface area contributed by atoms with Crippen molar-refractivity contribution >= 4 is 69.0 Å². The summed E-state index contributed by atoms with van der Waals surface area (Å²) in [5.41, 5.74) is 0.236. The van der Waals surface area contributed by atoms with Gasteiger partial charge in [0.1, 0.15) is 29.3 Å². The van der Waals surface area contributed by atoms with Crippen LogP contribution in [0.4, 0.5) is 0 Å². The smallest absolute Gasteiger partial charge is 0.171 e. The third kappa shape index (κ3) is 5.79. The van der Waals surface area contributed by atoms with E-state index < -0.39 is 24.0 Å². The largest absolute Gasteiger partial charge is 0.378 e. The van der Waals surface area contributed by atoms with Crippen molar-refractivity contribution < 1.29 is 19.3 Å². The minimum Gasteiger partial charge on any atom is -0.378 e. The first kappa shape index (κ1) is 28.6. The minimum atomic E-state index is -1.69. The van der Waals surface area contributed by atoms with E-state index in [9.17, 15) is 5.11 Å². The van der Waals surface area contributed by atoms with Crippen LogP contribution in [0.25, 0.3) is 11.0 Å². The molecule has 2 aromatic carbocycles. The summed E-state index contributed by atoms with van der Waals surface area (Å²) in [6.07, 6.45) is 1.88. The monoisotopic (exact) mass is 627 g/mol. The number of aromatic nitrogens is 3. The number of benzene rings is 2. The molecule has 2 aromatic heterocycles. The van der Waals surface area contributed by atoms with Gasteiger partial charge in [-0.15, -0.1) is 0 Å². The third-order valence-electron chi connectivity index (χ3n) is 6.52. The Morgan fingerprint density at radius 2 is 1.64 bits per heavy atom. The van der Waals surface area contributed by atoms with Gasteiger partial charge in [-0.05, 0) is 41.5 Å². The zero-order valence-electron chi connectivity index (χ0n) is 20.2. The molecular formula is C27H22Cl5N3O4. The van der Waals surface area contributed by atoms with Gasteiger partial charge in [-0.3, -0.25) is 0 Å². The van der Waals surface area contributed by atoms with Gasteiger partial charge in [-0.25, -0.2) is 9.97 Å². The fourth-order valence-electron chi connectivity index (χ4n) is 4.53. The number of rotatable bonds is 9. The van der Waals surface area contributed by atoms with Gasteiger partial charge in [0.2, 0.25) is 0 Å². The predicted molar refractivity (Wildman–Crippen MR) is 153 cm³/mol. The first-order valence-electron chi connectivity index (χ1n) is 11.8. The summed E-state index contributed by atoms with van der Waals surface area (Å²) in [6, 6.07) is 12.0. The highest BCUT2D eigenvalue weighted by Gasteiger charge is 2.56. The fourth-order valence-corrected chi connectivity index (χ4v) is 5.65. The Balaban J connectivity index is 1.44. The van der Waals surface area contributed by atoms with Crippen LogP contribution in [0, 0.1) is 0 Å². The fraction of sp³-hybridized carbons (Fsp3) is 0.259. The number of hydrogen-bond acceptors (Lipinski definition) is 6. The molecule has 204 valence electrons. The normalized spacial score (nSPS) is 23.0. The zero-order valence-corrected chi connectivity index (χ0v) is 24.0. The number of fused-ring (bicyclic) bond motifs is 1. The summed E-state index contributed by atoms with van der Waals surface area (Å²) < 4.78 is 20.3. The average molecular weight is 630 g/mol. The second-order valence-electron chi connectivity index (χ2n) is 8.96.